The Hall–Kier alpha value is -11.7. The van der Waals surface area contributed by atoms with Crippen LogP contribution in [0.25, 0.3) is 118 Å². The van der Waals surface area contributed by atoms with E-state index in [4.69, 9.17) is 0 Å². The van der Waals surface area contributed by atoms with E-state index in [1.807, 2.05) is 22.7 Å². The van der Waals surface area contributed by atoms with Crippen molar-refractivity contribution in [3.8, 4) is 77.9 Å². The first-order valence-corrected chi connectivity index (χ1v) is 34.2. The Bertz CT molecular complexity index is 5520. The van der Waals surface area contributed by atoms with Crippen molar-refractivity contribution in [2.24, 2.45) is 0 Å². The van der Waals surface area contributed by atoms with Gasteiger partial charge in [-0.15, -0.1) is 22.7 Å². The zero-order valence-corrected chi connectivity index (χ0v) is 53.3. The third-order valence-electron chi connectivity index (χ3n) is 19.9. The topological polar surface area (TPSA) is 6.48 Å². The number of hydrogen-bond acceptors (Lipinski definition) is 4. The highest BCUT2D eigenvalue weighted by Gasteiger charge is 2.52. The minimum Gasteiger partial charge on any atom is -0.310 e. The minimum absolute atomic E-state index is 0.515. The van der Waals surface area contributed by atoms with Gasteiger partial charge in [0, 0.05) is 74.5 Å². The number of fused-ring (bicyclic) bond motifs is 16. The summed E-state index contributed by atoms with van der Waals surface area (Å²) in [6, 6.07) is 131. The molecule has 0 radical (unpaired) electrons. The molecule has 19 rings (SSSR count). The third kappa shape index (κ3) is 8.83. The van der Waals surface area contributed by atoms with Crippen molar-refractivity contribution in [3.63, 3.8) is 0 Å². The van der Waals surface area contributed by atoms with Crippen molar-refractivity contribution in [1.82, 2.24) is 0 Å². The van der Waals surface area contributed by atoms with Gasteiger partial charge in [0.25, 0.3) is 0 Å². The molecule has 0 fully saturated rings. The Kier molecular flexibility index (Phi) is 12.9. The standard InChI is InChI=1S/C91H58N2S2/c1-3-20-59(21-4-1)61-40-48-66(49-41-61)92(68-52-44-63(45-53-68)73-30-17-32-79-77-26-10-15-38-86(77)94-89(73)79)70-56-65(72-29-19-37-85-88(72)81-28-9-14-36-84(81)91(85)82-34-12-7-24-75(82)76-25-8-13-35-83(76)91)57-71(58-70)93(67-50-42-62(43-51-67)60-22-5-2-6-23-60)69-54-46-64(47-55-69)74-31-18-33-80-78-27-11-16-39-87(78)95-90(74)80/h1-58H. The number of rotatable bonds is 11. The van der Waals surface area contributed by atoms with E-state index in [9.17, 15) is 0 Å². The maximum Gasteiger partial charge on any atom is 0.0725 e. The highest BCUT2D eigenvalue weighted by Crippen LogP contribution is 2.64. The van der Waals surface area contributed by atoms with Gasteiger partial charge < -0.3 is 9.80 Å². The SMILES string of the molecule is c1ccc(-c2ccc(N(c3ccc(-c4cccc5c4sc4ccccc45)cc3)c3cc(-c4cccc5c4-c4ccccc4C54c5ccccc5-c5ccccc54)cc(N(c4ccc(-c5ccccc5)cc4)c4ccc(-c5cccc6c5sc5ccccc56)cc4)c3)cc2)cc1. The Morgan fingerprint density at radius 2 is 0.526 bits per heavy atom. The third-order valence-corrected chi connectivity index (χ3v) is 22.3. The minimum atomic E-state index is -0.515. The van der Waals surface area contributed by atoms with Crippen LogP contribution in [0.15, 0.2) is 352 Å². The molecule has 0 atom stereocenters. The fourth-order valence-corrected chi connectivity index (χ4v) is 18.2. The first-order chi connectivity index (χ1) is 47.1. The summed E-state index contributed by atoms with van der Waals surface area (Å²) in [5, 5.41) is 5.19. The predicted octanol–water partition coefficient (Wildman–Crippen LogP) is 26.0. The van der Waals surface area contributed by atoms with E-state index in [1.165, 1.54) is 124 Å². The summed E-state index contributed by atoms with van der Waals surface area (Å²) in [4.78, 5) is 4.94. The summed E-state index contributed by atoms with van der Waals surface area (Å²) < 4.78 is 5.21. The molecule has 444 valence electrons. The number of benzene rings is 15. The highest BCUT2D eigenvalue weighted by molar-refractivity contribution is 7.26. The van der Waals surface area contributed by atoms with Gasteiger partial charge in [-0.3, -0.25) is 0 Å². The first kappa shape index (κ1) is 55.0. The van der Waals surface area contributed by atoms with Crippen LogP contribution in [0.4, 0.5) is 34.1 Å². The lowest BCUT2D eigenvalue weighted by molar-refractivity contribution is 0.794. The first-order valence-electron chi connectivity index (χ1n) is 32.6. The Morgan fingerprint density at radius 1 is 0.200 bits per heavy atom. The van der Waals surface area contributed by atoms with Gasteiger partial charge in [0.15, 0.2) is 0 Å². The second-order valence-electron chi connectivity index (χ2n) is 25.0. The maximum atomic E-state index is 2.47. The smallest absolute Gasteiger partial charge is 0.0725 e. The second-order valence-corrected chi connectivity index (χ2v) is 27.1. The Labute approximate surface area is 560 Å². The van der Waals surface area contributed by atoms with Crippen molar-refractivity contribution < 1.29 is 0 Å². The fourth-order valence-electron chi connectivity index (χ4n) is 15.7. The molecule has 0 bridgehead atoms. The van der Waals surface area contributed by atoms with Crippen LogP contribution in [-0.4, -0.2) is 0 Å². The molecule has 2 aromatic heterocycles. The van der Waals surface area contributed by atoms with E-state index in [1.54, 1.807) is 0 Å². The largest absolute Gasteiger partial charge is 0.310 e. The summed E-state index contributed by atoms with van der Waals surface area (Å²) in [7, 11) is 0. The molecule has 1 spiro atoms. The molecule has 2 heterocycles. The molecule has 0 aliphatic heterocycles. The van der Waals surface area contributed by atoms with Crippen LogP contribution in [0.5, 0.6) is 0 Å². The monoisotopic (exact) mass is 1240 g/mol. The van der Waals surface area contributed by atoms with Gasteiger partial charge in [0.05, 0.1) is 5.41 Å². The molecule has 15 aromatic carbocycles. The molecule has 0 N–H and O–H groups in total. The van der Waals surface area contributed by atoms with Crippen LogP contribution in [0, 0.1) is 0 Å². The normalized spacial score (nSPS) is 12.5. The van der Waals surface area contributed by atoms with Crippen molar-refractivity contribution in [2.45, 2.75) is 5.41 Å². The van der Waals surface area contributed by atoms with Crippen molar-refractivity contribution in [1.29, 1.82) is 0 Å². The zero-order chi connectivity index (χ0) is 62.6. The lowest BCUT2D eigenvalue weighted by Crippen LogP contribution is -2.25. The summed E-state index contributed by atoms with van der Waals surface area (Å²) in [6.45, 7) is 0. The summed E-state index contributed by atoms with van der Waals surface area (Å²) >= 11 is 3.75. The van der Waals surface area contributed by atoms with Gasteiger partial charge >= 0.3 is 0 Å². The van der Waals surface area contributed by atoms with Gasteiger partial charge in [0.2, 0.25) is 0 Å². The average molecular weight is 1240 g/mol. The summed E-state index contributed by atoms with van der Waals surface area (Å²) in [6.07, 6.45) is 0. The maximum absolute atomic E-state index is 2.47. The predicted molar refractivity (Wildman–Crippen MR) is 405 cm³/mol. The molecule has 0 amide bonds. The second kappa shape index (κ2) is 22.3. The van der Waals surface area contributed by atoms with E-state index in [0.717, 1.165) is 50.8 Å². The van der Waals surface area contributed by atoms with E-state index < -0.39 is 5.41 Å². The number of anilines is 6. The van der Waals surface area contributed by atoms with E-state index in [0.29, 0.717) is 0 Å². The number of thiophene rings is 2. The van der Waals surface area contributed by atoms with Crippen LogP contribution >= 0.6 is 22.7 Å². The molecule has 0 unspecified atom stereocenters. The van der Waals surface area contributed by atoms with Gasteiger partial charge in [-0.25, -0.2) is 0 Å². The average Bonchev–Trinajstić information content (AvgIpc) is 1.51. The van der Waals surface area contributed by atoms with Crippen molar-refractivity contribution in [3.05, 3.63) is 374 Å². The number of nitrogens with zero attached hydrogens (tertiary/aromatic N) is 2. The molecule has 95 heavy (non-hydrogen) atoms. The molecule has 17 aromatic rings. The van der Waals surface area contributed by atoms with Gasteiger partial charge in [-0.05, 0) is 179 Å². The molecule has 4 heteroatoms. The van der Waals surface area contributed by atoms with Crippen molar-refractivity contribution >= 4 is 97.1 Å². The van der Waals surface area contributed by atoms with Crippen LogP contribution in [0.3, 0.4) is 0 Å². The zero-order valence-electron chi connectivity index (χ0n) is 51.7. The summed E-state index contributed by atoms with van der Waals surface area (Å²) in [5.74, 6) is 0. The number of hydrogen-bond donors (Lipinski definition) is 0. The van der Waals surface area contributed by atoms with E-state index >= 15 is 0 Å². The van der Waals surface area contributed by atoms with Crippen molar-refractivity contribution in [2.75, 3.05) is 9.80 Å². The molecule has 0 saturated heterocycles. The molecular weight excluding hydrogens is 1190 g/mol. The molecule has 2 aliphatic carbocycles. The van der Waals surface area contributed by atoms with Gasteiger partial charge in [-0.2, -0.15) is 0 Å². The summed E-state index contributed by atoms with van der Waals surface area (Å²) in [5.41, 5.74) is 27.9. The van der Waals surface area contributed by atoms with E-state index in [2.05, 4.69) is 362 Å². The quantitative estimate of drug-likeness (QED) is 0.127. The molecule has 2 nitrogen and oxygen atoms in total. The molecule has 0 saturated carbocycles. The highest BCUT2D eigenvalue weighted by atomic mass is 32.1. The Morgan fingerprint density at radius 3 is 0.989 bits per heavy atom. The van der Waals surface area contributed by atoms with E-state index in [-0.39, 0.29) is 0 Å². The van der Waals surface area contributed by atoms with Crippen LogP contribution in [0.1, 0.15) is 22.3 Å². The Balaban J connectivity index is 0.852. The molecule has 2 aliphatic rings. The molecular formula is C91H58N2S2. The van der Waals surface area contributed by atoms with Gasteiger partial charge in [0.1, 0.15) is 0 Å². The fraction of sp³-hybridized carbons (Fsp3) is 0.0110. The lowest BCUT2D eigenvalue weighted by atomic mass is 9.70. The van der Waals surface area contributed by atoms with Crippen LogP contribution in [0.2, 0.25) is 0 Å². The van der Waals surface area contributed by atoms with Gasteiger partial charge in [-0.1, -0.05) is 273 Å². The van der Waals surface area contributed by atoms with Crippen LogP contribution in [-0.2, 0) is 5.41 Å². The lowest BCUT2D eigenvalue weighted by Gasteiger charge is -2.31. The van der Waals surface area contributed by atoms with Crippen LogP contribution < -0.4 is 9.80 Å².